The first kappa shape index (κ1) is 28.9. The van der Waals surface area contributed by atoms with Crippen molar-refractivity contribution in [1.82, 2.24) is 20.2 Å². The first-order chi connectivity index (χ1) is 22.9. The fourth-order valence-corrected chi connectivity index (χ4v) is 8.06. The van der Waals surface area contributed by atoms with Crippen molar-refractivity contribution in [2.75, 3.05) is 57.5 Å². The summed E-state index contributed by atoms with van der Waals surface area (Å²) >= 11 is 0. The molecule has 242 valence electrons. The summed E-state index contributed by atoms with van der Waals surface area (Å²) in [6.45, 7) is 5.68. The number of terminal acetylenes is 1. The van der Waals surface area contributed by atoms with Crippen molar-refractivity contribution in [2.45, 2.75) is 43.8 Å². The first-order valence-corrected chi connectivity index (χ1v) is 16.4. The zero-order valence-corrected chi connectivity index (χ0v) is 25.9. The van der Waals surface area contributed by atoms with E-state index >= 15 is 4.39 Å². The van der Waals surface area contributed by atoms with E-state index in [2.05, 4.69) is 21.0 Å². The lowest BCUT2D eigenvalue weighted by Gasteiger charge is -2.40. The molecule has 1 aromatic heterocycles. The minimum absolute atomic E-state index is 0.00527. The van der Waals surface area contributed by atoms with Gasteiger partial charge in [-0.2, -0.15) is 9.97 Å². The lowest BCUT2D eigenvalue weighted by atomic mass is 9.92. The van der Waals surface area contributed by atoms with Gasteiger partial charge in [-0.25, -0.2) is 8.78 Å². The fourth-order valence-electron chi connectivity index (χ4n) is 8.06. The number of phenols is 1. The summed E-state index contributed by atoms with van der Waals surface area (Å²) in [6.07, 6.45) is 9.92. The molecule has 5 aliphatic rings. The van der Waals surface area contributed by atoms with Gasteiger partial charge in [0, 0.05) is 54.6 Å². The molecule has 11 heteroatoms. The van der Waals surface area contributed by atoms with E-state index in [1.165, 1.54) is 24.3 Å². The third-order valence-corrected chi connectivity index (χ3v) is 10.7. The Bertz CT molecular complexity index is 1970. The minimum Gasteiger partial charge on any atom is -0.508 e. The maximum absolute atomic E-state index is 17.1. The Morgan fingerprint density at radius 3 is 2.74 bits per heavy atom. The molecule has 0 radical (unpaired) electrons. The molecule has 9 nitrogen and oxygen atoms in total. The van der Waals surface area contributed by atoms with Crippen LogP contribution >= 0.6 is 0 Å². The predicted octanol–water partition coefficient (Wildman–Crippen LogP) is 4.61. The number of nitrogens with zero attached hydrogens (tertiary/aromatic N) is 4. The molecule has 0 amide bonds. The number of morpholine rings is 1. The molecule has 1 saturated carbocycles. The fraction of sp³-hybridized carbons (Fsp3) is 0.444. The number of aromatic hydroxyl groups is 1. The summed E-state index contributed by atoms with van der Waals surface area (Å²) < 4.78 is 50.4. The predicted molar refractivity (Wildman–Crippen MR) is 173 cm³/mol. The quantitative estimate of drug-likeness (QED) is 0.294. The van der Waals surface area contributed by atoms with Gasteiger partial charge in [0.1, 0.15) is 35.3 Å². The lowest BCUT2D eigenvalue weighted by molar-refractivity contribution is 0.0231. The van der Waals surface area contributed by atoms with Crippen molar-refractivity contribution in [1.29, 1.82) is 0 Å². The van der Waals surface area contributed by atoms with Gasteiger partial charge in [-0.15, -0.1) is 6.42 Å². The van der Waals surface area contributed by atoms with Crippen LogP contribution in [0.4, 0.5) is 14.6 Å². The second-order valence-corrected chi connectivity index (χ2v) is 13.7. The van der Waals surface area contributed by atoms with Crippen molar-refractivity contribution in [3.05, 3.63) is 47.5 Å². The highest BCUT2D eigenvalue weighted by molar-refractivity contribution is 6.06. The molecule has 4 aromatic rings. The molecule has 3 atom stereocenters. The number of halogens is 2. The molecule has 4 fully saturated rings. The highest BCUT2D eigenvalue weighted by Crippen LogP contribution is 2.48. The van der Waals surface area contributed by atoms with Crippen LogP contribution in [0.2, 0.25) is 0 Å². The van der Waals surface area contributed by atoms with Crippen molar-refractivity contribution in [2.24, 2.45) is 5.41 Å². The number of hydrogen-bond acceptors (Lipinski definition) is 9. The van der Waals surface area contributed by atoms with E-state index in [1.807, 2.05) is 0 Å². The molecule has 4 aliphatic heterocycles. The average Bonchev–Trinajstić information content (AvgIpc) is 3.77. The van der Waals surface area contributed by atoms with Crippen LogP contribution in [0.3, 0.4) is 0 Å². The van der Waals surface area contributed by atoms with E-state index in [0.29, 0.717) is 53.5 Å². The molecule has 5 heterocycles. The van der Waals surface area contributed by atoms with Gasteiger partial charge in [0.05, 0.1) is 36.8 Å². The molecule has 1 aliphatic carbocycles. The van der Waals surface area contributed by atoms with Crippen LogP contribution in [-0.4, -0.2) is 90.7 Å². The Hall–Kier alpha value is -4.24. The highest BCUT2D eigenvalue weighted by Gasteiger charge is 2.46. The smallest absolute Gasteiger partial charge is 0.319 e. The number of phenolic OH excluding ortho intramolecular Hbond substituents is 1. The van der Waals surface area contributed by atoms with Gasteiger partial charge in [0.2, 0.25) is 0 Å². The summed E-state index contributed by atoms with van der Waals surface area (Å²) in [5, 5.41) is 15.7. The zero-order chi connectivity index (χ0) is 31.9. The summed E-state index contributed by atoms with van der Waals surface area (Å²) in [5.74, 6) is 2.09. The van der Waals surface area contributed by atoms with E-state index in [-0.39, 0.29) is 51.5 Å². The second kappa shape index (κ2) is 10.9. The Kier molecular flexibility index (Phi) is 6.72. The Morgan fingerprint density at radius 1 is 1.09 bits per heavy atom. The molecular formula is C36H35F2N5O4. The summed E-state index contributed by atoms with van der Waals surface area (Å²) in [4.78, 5) is 14.3. The van der Waals surface area contributed by atoms with Crippen LogP contribution in [0, 0.1) is 29.4 Å². The number of anilines is 1. The van der Waals surface area contributed by atoms with Gasteiger partial charge in [0.25, 0.3) is 0 Å². The molecule has 2 bridgehead atoms. The van der Waals surface area contributed by atoms with E-state index in [4.69, 9.17) is 30.6 Å². The number of nitrogens with one attached hydrogen (secondary N) is 1. The Balaban J connectivity index is 1.19. The summed E-state index contributed by atoms with van der Waals surface area (Å²) in [5.41, 5.74) is 0.393. The average molecular weight is 640 g/mol. The standard InChI is InChI=1S/C36H35F2N5O4/c1-2-23-26(37)5-3-20-13-22(44)14-24(30(20)23)25-15-29-31-33(32(25)38)40-35(47-19-36(7-8-36)18-42-9-11-45-12-10-42)41-34(31)43-16-21-4-6-27(39-21)28(43)17-46-29/h1,3,5,13-15,21,27-28,39,44H,4,6-12,16-19H2/t21-,27+,28-/m1/s1. The molecule has 0 spiro atoms. The normalized spacial score (nSPS) is 24.4. The molecular weight excluding hydrogens is 604 g/mol. The van der Waals surface area contributed by atoms with Crippen LogP contribution in [-0.2, 0) is 4.74 Å². The monoisotopic (exact) mass is 639 g/mol. The second-order valence-electron chi connectivity index (χ2n) is 13.7. The maximum atomic E-state index is 17.1. The Labute approximate surface area is 270 Å². The number of hydrogen-bond donors (Lipinski definition) is 2. The summed E-state index contributed by atoms with van der Waals surface area (Å²) in [7, 11) is 0. The van der Waals surface area contributed by atoms with Gasteiger partial charge in [-0.05, 0) is 60.9 Å². The molecule has 47 heavy (non-hydrogen) atoms. The zero-order valence-electron chi connectivity index (χ0n) is 25.9. The SMILES string of the molecule is C#Cc1c(F)ccc2cc(O)cc(-c3cc4c5c(nc(OCC6(CN7CCOCC7)CC6)nc5c3F)N3C[C@H]5CC[C@H](N5)[C@H]3CO4)c12. The molecule has 3 aromatic carbocycles. The minimum atomic E-state index is -0.647. The van der Waals surface area contributed by atoms with Gasteiger partial charge < -0.3 is 29.5 Å². The van der Waals surface area contributed by atoms with E-state index in [0.717, 1.165) is 58.5 Å². The van der Waals surface area contributed by atoms with Crippen molar-refractivity contribution >= 4 is 27.5 Å². The number of aromatic nitrogens is 2. The number of fused-ring (bicyclic) bond motifs is 6. The van der Waals surface area contributed by atoms with Gasteiger partial charge in [-0.3, -0.25) is 4.90 Å². The van der Waals surface area contributed by atoms with Crippen LogP contribution < -0.4 is 19.7 Å². The van der Waals surface area contributed by atoms with Gasteiger partial charge in [0.15, 0.2) is 5.82 Å². The number of piperazine rings is 1. The number of benzene rings is 3. The van der Waals surface area contributed by atoms with E-state index in [9.17, 15) is 9.50 Å². The third-order valence-electron chi connectivity index (χ3n) is 10.7. The van der Waals surface area contributed by atoms with Gasteiger partial charge >= 0.3 is 6.01 Å². The third kappa shape index (κ3) is 4.84. The lowest BCUT2D eigenvalue weighted by Crippen LogP contribution is -2.60. The van der Waals surface area contributed by atoms with Crippen LogP contribution in [0.25, 0.3) is 32.8 Å². The highest BCUT2D eigenvalue weighted by atomic mass is 19.1. The molecule has 0 unspecified atom stereocenters. The van der Waals surface area contributed by atoms with Crippen LogP contribution in [0.1, 0.15) is 31.2 Å². The van der Waals surface area contributed by atoms with Crippen molar-refractivity contribution < 1.29 is 28.1 Å². The molecule has 2 N–H and O–H groups in total. The number of rotatable bonds is 6. The largest absolute Gasteiger partial charge is 0.508 e. The maximum Gasteiger partial charge on any atom is 0.319 e. The summed E-state index contributed by atoms with van der Waals surface area (Å²) in [6, 6.07) is 7.89. The molecule has 3 saturated heterocycles. The molecule has 9 rings (SSSR count). The topological polar surface area (TPSA) is 92.2 Å². The Morgan fingerprint density at radius 2 is 1.94 bits per heavy atom. The first-order valence-electron chi connectivity index (χ1n) is 16.4. The van der Waals surface area contributed by atoms with Crippen LogP contribution in [0.5, 0.6) is 17.5 Å². The number of ether oxygens (including phenoxy) is 3. The van der Waals surface area contributed by atoms with Crippen molar-refractivity contribution in [3.63, 3.8) is 0 Å². The van der Waals surface area contributed by atoms with Gasteiger partial charge in [-0.1, -0.05) is 12.0 Å². The van der Waals surface area contributed by atoms with Crippen molar-refractivity contribution in [3.8, 4) is 41.0 Å². The van der Waals surface area contributed by atoms with E-state index < -0.39 is 11.6 Å². The van der Waals surface area contributed by atoms with E-state index in [1.54, 1.807) is 6.07 Å². The van der Waals surface area contributed by atoms with Crippen LogP contribution in [0.15, 0.2) is 30.3 Å².